The number of benzene rings is 1. The summed E-state index contributed by atoms with van der Waals surface area (Å²) in [6.45, 7) is 1.75. The number of H-pyrrole nitrogens is 1. The third kappa shape index (κ3) is 3.29. The lowest BCUT2D eigenvalue weighted by atomic mass is 10.2. The zero-order chi connectivity index (χ0) is 20.8. The second kappa shape index (κ2) is 7.15. The van der Waals surface area contributed by atoms with Crippen LogP contribution in [0.15, 0.2) is 61.7 Å². The number of fused-ring (bicyclic) bond motifs is 2. The number of rotatable bonds is 4. The smallest absolute Gasteiger partial charge is 0.287 e. The molecule has 0 saturated carbocycles. The molecule has 0 atom stereocenters. The van der Waals surface area contributed by atoms with Crippen LogP contribution >= 0.6 is 23.4 Å². The molecule has 150 valence electrons. The van der Waals surface area contributed by atoms with Crippen molar-refractivity contribution in [1.82, 2.24) is 29.1 Å². The minimum absolute atomic E-state index is 0.297. The maximum atomic E-state index is 12.2. The number of thioether (sulfide) groups is 1. The van der Waals surface area contributed by atoms with E-state index in [0.717, 1.165) is 4.57 Å². The molecular formula is C19H13ClN6O3S. The molecule has 0 radical (unpaired) electrons. The van der Waals surface area contributed by atoms with E-state index in [-0.39, 0.29) is 11.1 Å². The minimum atomic E-state index is -0.303. The van der Waals surface area contributed by atoms with Crippen LogP contribution in [0.3, 0.4) is 0 Å². The fourth-order valence-corrected chi connectivity index (χ4v) is 4.09. The first-order valence-electron chi connectivity index (χ1n) is 8.85. The standard InChI is InChI=1S/C19H13ClN6O3S/c1-10-6-15-21-11(7-17(28)26(15)29-10)9-30-19-23-18(12-4-2-3-5-13(12)20)22-14-8-16(27)24-25(14)19/h2-8H,9H2,1H3,(H,24,27). The van der Waals surface area contributed by atoms with Crippen molar-refractivity contribution < 1.29 is 4.52 Å². The predicted molar refractivity (Wildman–Crippen MR) is 112 cm³/mol. The third-order valence-corrected chi connectivity index (χ3v) is 5.61. The number of hydrogen-bond donors (Lipinski definition) is 1. The van der Waals surface area contributed by atoms with E-state index in [2.05, 4.69) is 20.1 Å². The van der Waals surface area contributed by atoms with Gasteiger partial charge in [0.2, 0.25) is 0 Å². The number of aromatic amines is 1. The maximum absolute atomic E-state index is 12.2. The topological polar surface area (TPSA) is 111 Å². The van der Waals surface area contributed by atoms with Gasteiger partial charge in [0, 0.05) is 29.5 Å². The molecule has 9 nitrogen and oxygen atoms in total. The number of aryl methyl sites for hydroxylation is 1. The van der Waals surface area contributed by atoms with Gasteiger partial charge in [-0.05, 0) is 19.1 Å². The van der Waals surface area contributed by atoms with Gasteiger partial charge in [-0.25, -0.2) is 19.5 Å². The van der Waals surface area contributed by atoms with E-state index in [1.165, 1.54) is 28.4 Å². The molecule has 0 saturated heterocycles. The van der Waals surface area contributed by atoms with Crippen LogP contribution < -0.4 is 11.1 Å². The Morgan fingerprint density at radius 2 is 1.93 bits per heavy atom. The first-order chi connectivity index (χ1) is 14.5. The van der Waals surface area contributed by atoms with Crippen molar-refractivity contribution in [3.8, 4) is 11.4 Å². The molecule has 11 heteroatoms. The van der Waals surface area contributed by atoms with Crippen LogP contribution in [-0.2, 0) is 5.75 Å². The Hall–Kier alpha value is -3.37. The first-order valence-corrected chi connectivity index (χ1v) is 10.2. The summed E-state index contributed by atoms with van der Waals surface area (Å²) in [7, 11) is 0. The van der Waals surface area contributed by atoms with Crippen LogP contribution in [0.2, 0.25) is 5.02 Å². The van der Waals surface area contributed by atoms with E-state index in [0.29, 0.717) is 50.1 Å². The summed E-state index contributed by atoms with van der Waals surface area (Å²) in [5.74, 6) is 1.34. The molecule has 0 unspecified atom stereocenters. The van der Waals surface area contributed by atoms with Crippen molar-refractivity contribution in [3.05, 3.63) is 79.6 Å². The Morgan fingerprint density at radius 1 is 1.10 bits per heavy atom. The van der Waals surface area contributed by atoms with Crippen molar-refractivity contribution in [2.75, 3.05) is 0 Å². The summed E-state index contributed by atoms with van der Waals surface area (Å²) in [5.41, 5.74) is 1.47. The molecule has 0 spiro atoms. The molecule has 5 aromatic rings. The Balaban J connectivity index is 1.56. The molecule has 0 aliphatic carbocycles. The Bertz CT molecular complexity index is 1530. The highest BCUT2D eigenvalue weighted by atomic mass is 35.5. The number of nitrogens with one attached hydrogen (secondary N) is 1. The molecule has 0 aliphatic heterocycles. The summed E-state index contributed by atoms with van der Waals surface area (Å²) in [5, 5.41) is 3.68. The van der Waals surface area contributed by atoms with Crippen LogP contribution in [-0.4, -0.2) is 29.1 Å². The Morgan fingerprint density at radius 3 is 2.77 bits per heavy atom. The normalized spacial score (nSPS) is 11.5. The van der Waals surface area contributed by atoms with Crippen molar-refractivity contribution in [2.45, 2.75) is 17.8 Å². The van der Waals surface area contributed by atoms with Crippen molar-refractivity contribution in [2.24, 2.45) is 0 Å². The largest absolute Gasteiger partial charge is 0.375 e. The number of hydrogen-bond acceptors (Lipinski definition) is 7. The van der Waals surface area contributed by atoms with Gasteiger partial charge >= 0.3 is 0 Å². The third-order valence-electron chi connectivity index (χ3n) is 4.31. The predicted octanol–water partition coefficient (Wildman–Crippen LogP) is 2.94. The average molecular weight is 441 g/mol. The fraction of sp³-hybridized carbons (Fsp3) is 0.105. The van der Waals surface area contributed by atoms with Crippen LogP contribution in [0.25, 0.3) is 22.7 Å². The van der Waals surface area contributed by atoms with Gasteiger partial charge in [0.25, 0.3) is 11.1 Å². The first kappa shape index (κ1) is 18.6. The molecule has 0 fully saturated rings. The van der Waals surface area contributed by atoms with Crippen molar-refractivity contribution >= 4 is 34.7 Å². The van der Waals surface area contributed by atoms with Gasteiger partial charge in [0.15, 0.2) is 22.3 Å². The molecular weight excluding hydrogens is 428 g/mol. The fourth-order valence-electron chi connectivity index (χ4n) is 3.03. The van der Waals surface area contributed by atoms with Gasteiger partial charge in [-0.2, -0.15) is 0 Å². The molecule has 1 N–H and O–H groups in total. The molecule has 1 aromatic carbocycles. The summed E-state index contributed by atoms with van der Waals surface area (Å²) in [6.07, 6.45) is 0. The zero-order valence-corrected chi connectivity index (χ0v) is 17.1. The lowest BCUT2D eigenvalue weighted by Gasteiger charge is -2.08. The summed E-state index contributed by atoms with van der Waals surface area (Å²) < 4.78 is 7.96. The van der Waals surface area contributed by atoms with Crippen molar-refractivity contribution in [3.63, 3.8) is 0 Å². The second-order valence-electron chi connectivity index (χ2n) is 6.50. The highest BCUT2D eigenvalue weighted by molar-refractivity contribution is 7.98. The Kier molecular flexibility index (Phi) is 4.44. The van der Waals surface area contributed by atoms with Crippen LogP contribution in [0.5, 0.6) is 0 Å². The Labute approximate surface area is 177 Å². The monoisotopic (exact) mass is 440 g/mol. The number of aromatic nitrogens is 6. The SMILES string of the molecule is Cc1cc2nc(CSc3nc(-c4ccccc4Cl)nc4cc(=O)[nH]n34)cc(=O)n2o1. The van der Waals surface area contributed by atoms with E-state index in [1.807, 2.05) is 18.2 Å². The second-order valence-corrected chi connectivity index (χ2v) is 7.85. The van der Waals surface area contributed by atoms with Gasteiger partial charge in [0.1, 0.15) is 5.76 Å². The van der Waals surface area contributed by atoms with Gasteiger partial charge in [-0.15, -0.1) is 4.57 Å². The molecule has 0 amide bonds. The van der Waals surface area contributed by atoms with E-state index >= 15 is 0 Å². The number of nitrogens with zero attached hydrogens (tertiary/aromatic N) is 5. The van der Waals surface area contributed by atoms with Gasteiger partial charge < -0.3 is 4.52 Å². The molecule has 5 rings (SSSR count). The number of halogens is 1. The maximum Gasteiger partial charge on any atom is 0.287 e. The summed E-state index contributed by atoms with van der Waals surface area (Å²) >= 11 is 7.61. The van der Waals surface area contributed by atoms with Gasteiger partial charge in [-0.1, -0.05) is 35.5 Å². The molecule has 0 aliphatic rings. The molecule has 0 bridgehead atoms. The van der Waals surface area contributed by atoms with Crippen molar-refractivity contribution in [1.29, 1.82) is 0 Å². The lowest BCUT2D eigenvalue weighted by molar-refractivity contribution is 0.344. The van der Waals surface area contributed by atoms with E-state index in [9.17, 15) is 9.59 Å². The minimum Gasteiger partial charge on any atom is -0.375 e. The van der Waals surface area contributed by atoms with E-state index in [1.54, 1.807) is 19.1 Å². The summed E-state index contributed by atoms with van der Waals surface area (Å²) in [4.78, 5) is 37.6. The average Bonchev–Trinajstić information content (AvgIpc) is 3.27. The van der Waals surface area contributed by atoms with Gasteiger partial charge in [-0.3, -0.25) is 14.7 Å². The molecule has 4 aromatic heterocycles. The summed E-state index contributed by atoms with van der Waals surface area (Å²) in [6, 6.07) is 11.7. The molecule has 4 heterocycles. The zero-order valence-electron chi connectivity index (χ0n) is 15.5. The van der Waals surface area contributed by atoms with Gasteiger partial charge in [0.05, 0.1) is 10.7 Å². The van der Waals surface area contributed by atoms with Crippen LogP contribution in [0, 0.1) is 6.92 Å². The van der Waals surface area contributed by atoms with E-state index in [4.69, 9.17) is 16.1 Å². The van der Waals surface area contributed by atoms with Crippen LogP contribution in [0.4, 0.5) is 0 Å². The van der Waals surface area contributed by atoms with Crippen LogP contribution in [0.1, 0.15) is 11.5 Å². The quantitative estimate of drug-likeness (QED) is 0.428. The molecule has 30 heavy (non-hydrogen) atoms. The highest BCUT2D eigenvalue weighted by Crippen LogP contribution is 2.28. The van der Waals surface area contributed by atoms with E-state index < -0.39 is 0 Å². The lowest BCUT2D eigenvalue weighted by Crippen LogP contribution is -2.13. The highest BCUT2D eigenvalue weighted by Gasteiger charge is 2.14.